The Labute approximate surface area is 170 Å². The SMILES string of the molecule is CCOC(=O)c1ccc(CN2C(=O)S[C@H](Nc3ccccc3C(=O)[O-])C2=O)cc1. The van der Waals surface area contributed by atoms with Crippen molar-refractivity contribution in [2.24, 2.45) is 0 Å². The van der Waals surface area contributed by atoms with Crippen LogP contribution in [-0.2, 0) is 16.1 Å². The average Bonchev–Trinajstić information content (AvgIpc) is 2.96. The van der Waals surface area contributed by atoms with Crippen LogP contribution in [0, 0.1) is 0 Å². The average molecular weight is 413 g/mol. The zero-order valence-corrected chi connectivity index (χ0v) is 16.2. The first-order valence-corrected chi connectivity index (χ1v) is 9.63. The van der Waals surface area contributed by atoms with E-state index in [1.54, 1.807) is 37.3 Å². The fraction of sp³-hybridized carbons (Fsp3) is 0.200. The molecular weight excluding hydrogens is 396 g/mol. The fourth-order valence-corrected chi connectivity index (χ4v) is 3.65. The minimum Gasteiger partial charge on any atom is -0.545 e. The Hall–Kier alpha value is -3.33. The molecule has 1 saturated heterocycles. The first-order valence-electron chi connectivity index (χ1n) is 8.75. The van der Waals surface area contributed by atoms with E-state index < -0.39 is 28.5 Å². The molecule has 0 aliphatic carbocycles. The number of benzene rings is 2. The molecule has 8 nitrogen and oxygen atoms in total. The maximum absolute atomic E-state index is 12.7. The van der Waals surface area contributed by atoms with Crippen molar-refractivity contribution in [1.82, 2.24) is 4.90 Å². The van der Waals surface area contributed by atoms with Crippen LogP contribution in [0.25, 0.3) is 0 Å². The molecule has 150 valence electrons. The fourth-order valence-electron chi connectivity index (χ4n) is 2.75. The summed E-state index contributed by atoms with van der Waals surface area (Å²) in [6.07, 6.45) is 0. The molecule has 9 heteroatoms. The predicted octanol–water partition coefficient (Wildman–Crippen LogP) is 1.86. The molecule has 0 aromatic heterocycles. The molecule has 0 bridgehead atoms. The van der Waals surface area contributed by atoms with Crippen LogP contribution in [-0.4, -0.2) is 40.0 Å². The minimum absolute atomic E-state index is 0.0358. The number of thioether (sulfide) groups is 1. The molecule has 2 amide bonds. The van der Waals surface area contributed by atoms with E-state index in [1.807, 2.05) is 0 Å². The molecule has 1 atom stereocenters. The Morgan fingerprint density at radius 1 is 1.14 bits per heavy atom. The lowest BCUT2D eigenvalue weighted by Crippen LogP contribution is -2.34. The Kier molecular flexibility index (Phi) is 6.18. The zero-order chi connectivity index (χ0) is 21.0. The molecule has 0 spiro atoms. The van der Waals surface area contributed by atoms with E-state index in [0.29, 0.717) is 11.1 Å². The maximum Gasteiger partial charge on any atom is 0.338 e. The number of nitrogens with one attached hydrogen (secondary N) is 1. The van der Waals surface area contributed by atoms with Crippen molar-refractivity contribution < 1.29 is 29.0 Å². The van der Waals surface area contributed by atoms with Crippen molar-refractivity contribution >= 4 is 40.5 Å². The Bertz CT molecular complexity index is 960. The summed E-state index contributed by atoms with van der Waals surface area (Å²) >= 11 is 0.770. The molecular formula is C20H17N2O6S-. The third-order valence-corrected chi connectivity index (χ3v) is 5.15. The van der Waals surface area contributed by atoms with E-state index in [9.17, 15) is 24.3 Å². The summed E-state index contributed by atoms with van der Waals surface area (Å²) < 4.78 is 4.92. The van der Waals surface area contributed by atoms with Crippen LogP contribution in [0.4, 0.5) is 10.5 Å². The number of amides is 2. The van der Waals surface area contributed by atoms with Gasteiger partial charge in [0.05, 0.1) is 24.7 Å². The molecule has 1 heterocycles. The molecule has 3 rings (SSSR count). The maximum atomic E-state index is 12.7. The number of carbonyl (C=O) groups is 4. The van der Waals surface area contributed by atoms with E-state index >= 15 is 0 Å². The van der Waals surface area contributed by atoms with Crippen molar-refractivity contribution in [3.05, 3.63) is 65.2 Å². The van der Waals surface area contributed by atoms with Crippen LogP contribution >= 0.6 is 11.8 Å². The van der Waals surface area contributed by atoms with Crippen LogP contribution in [0.1, 0.15) is 33.2 Å². The van der Waals surface area contributed by atoms with Crippen molar-refractivity contribution in [3.63, 3.8) is 0 Å². The Morgan fingerprint density at radius 3 is 2.48 bits per heavy atom. The predicted molar refractivity (Wildman–Crippen MR) is 104 cm³/mol. The van der Waals surface area contributed by atoms with Gasteiger partial charge in [0.25, 0.3) is 11.1 Å². The lowest BCUT2D eigenvalue weighted by molar-refractivity contribution is -0.254. The monoisotopic (exact) mass is 413 g/mol. The van der Waals surface area contributed by atoms with Gasteiger partial charge in [-0.05, 0) is 42.4 Å². The molecule has 2 aromatic carbocycles. The molecule has 0 saturated carbocycles. The lowest BCUT2D eigenvalue weighted by atomic mass is 10.1. The largest absolute Gasteiger partial charge is 0.545 e. The van der Waals surface area contributed by atoms with Crippen LogP contribution < -0.4 is 10.4 Å². The highest BCUT2D eigenvalue weighted by atomic mass is 32.2. The van der Waals surface area contributed by atoms with Gasteiger partial charge in [0.1, 0.15) is 0 Å². The number of imide groups is 1. The molecule has 1 N–H and O–H groups in total. The van der Waals surface area contributed by atoms with Gasteiger partial charge in [0, 0.05) is 11.3 Å². The number of aromatic carboxylic acids is 1. The quantitative estimate of drug-likeness (QED) is 0.684. The third kappa shape index (κ3) is 4.57. The van der Waals surface area contributed by atoms with Crippen LogP contribution in [0.3, 0.4) is 0 Å². The second-order valence-electron chi connectivity index (χ2n) is 6.08. The van der Waals surface area contributed by atoms with E-state index in [4.69, 9.17) is 4.74 Å². The van der Waals surface area contributed by atoms with Crippen LogP contribution in [0.5, 0.6) is 0 Å². The summed E-state index contributed by atoms with van der Waals surface area (Å²) in [6, 6.07) is 12.4. The van der Waals surface area contributed by atoms with Gasteiger partial charge in [0.2, 0.25) is 0 Å². The highest BCUT2D eigenvalue weighted by Crippen LogP contribution is 2.30. The number of hydrogen-bond acceptors (Lipinski definition) is 8. The first-order chi connectivity index (χ1) is 13.9. The topological polar surface area (TPSA) is 116 Å². The molecule has 1 fully saturated rings. The van der Waals surface area contributed by atoms with Crippen molar-refractivity contribution in [2.45, 2.75) is 18.8 Å². The van der Waals surface area contributed by atoms with E-state index in [-0.39, 0.29) is 24.4 Å². The summed E-state index contributed by atoms with van der Waals surface area (Å²) in [5, 5.41) is 12.6. The molecule has 1 aliphatic rings. The van der Waals surface area contributed by atoms with Crippen molar-refractivity contribution in [3.8, 4) is 0 Å². The van der Waals surface area contributed by atoms with Gasteiger partial charge in [-0.3, -0.25) is 14.5 Å². The minimum atomic E-state index is -1.38. The molecule has 29 heavy (non-hydrogen) atoms. The molecule has 2 aromatic rings. The van der Waals surface area contributed by atoms with Crippen LogP contribution in [0.2, 0.25) is 0 Å². The highest BCUT2D eigenvalue weighted by Gasteiger charge is 2.39. The van der Waals surface area contributed by atoms with Gasteiger partial charge in [-0.25, -0.2) is 4.79 Å². The third-order valence-electron chi connectivity index (χ3n) is 4.17. The summed E-state index contributed by atoms with van der Waals surface area (Å²) in [4.78, 5) is 48.9. The number of carboxylic acids is 1. The Balaban J connectivity index is 1.70. The normalized spacial score (nSPS) is 16.0. The van der Waals surface area contributed by atoms with Crippen molar-refractivity contribution in [2.75, 3.05) is 11.9 Å². The van der Waals surface area contributed by atoms with E-state index in [0.717, 1.165) is 16.7 Å². The molecule has 0 unspecified atom stereocenters. The summed E-state index contributed by atoms with van der Waals surface area (Å²) in [6.45, 7) is 2.02. The number of carbonyl (C=O) groups excluding carboxylic acids is 4. The second kappa shape index (κ2) is 8.78. The Morgan fingerprint density at radius 2 is 1.83 bits per heavy atom. The lowest BCUT2D eigenvalue weighted by Gasteiger charge is -2.17. The zero-order valence-electron chi connectivity index (χ0n) is 15.4. The number of nitrogens with zero attached hydrogens (tertiary/aromatic N) is 1. The van der Waals surface area contributed by atoms with E-state index in [1.165, 1.54) is 18.2 Å². The number of para-hydroxylation sites is 1. The van der Waals surface area contributed by atoms with E-state index in [2.05, 4.69) is 5.32 Å². The molecule has 0 radical (unpaired) electrons. The number of hydrogen-bond donors (Lipinski definition) is 1. The number of carboxylic acid groups (broad SMARTS) is 1. The summed E-state index contributed by atoms with van der Waals surface area (Å²) in [7, 11) is 0. The number of ether oxygens (including phenoxy) is 1. The van der Waals surface area contributed by atoms with Gasteiger partial charge in [-0.1, -0.05) is 30.3 Å². The highest BCUT2D eigenvalue weighted by molar-refractivity contribution is 8.15. The number of esters is 1. The van der Waals surface area contributed by atoms with Gasteiger partial charge < -0.3 is 20.0 Å². The standard InChI is InChI=1S/C20H18N2O6S/c1-2-28-19(26)13-9-7-12(8-10-13)11-22-17(23)16(29-20(22)27)21-15-6-4-3-5-14(15)18(24)25/h3-10,16,21H,2,11H2,1H3,(H,24,25)/p-1/t16-/m0/s1. The summed E-state index contributed by atoms with van der Waals surface area (Å²) in [5.74, 6) is -2.31. The van der Waals surface area contributed by atoms with Gasteiger partial charge in [-0.15, -0.1) is 0 Å². The van der Waals surface area contributed by atoms with Gasteiger partial charge in [-0.2, -0.15) is 0 Å². The number of rotatable bonds is 7. The molecule has 1 aliphatic heterocycles. The second-order valence-corrected chi connectivity index (χ2v) is 7.14. The van der Waals surface area contributed by atoms with Gasteiger partial charge >= 0.3 is 5.97 Å². The van der Waals surface area contributed by atoms with Gasteiger partial charge in [0.15, 0.2) is 5.37 Å². The van der Waals surface area contributed by atoms with Crippen LogP contribution in [0.15, 0.2) is 48.5 Å². The first kappa shape index (κ1) is 20.4. The van der Waals surface area contributed by atoms with Crippen molar-refractivity contribution in [1.29, 1.82) is 0 Å². The number of anilines is 1. The smallest absolute Gasteiger partial charge is 0.338 e. The summed E-state index contributed by atoms with van der Waals surface area (Å²) in [5.41, 5.74) is 1.15.